The van der Waals surface area contributed by atoms with Gasteiger partial charge < -0.3 is 0 Å². The average molecular weight is 244 g/mol. The van der Waals surface area contributed by atoms with Gasteiger partial charge in [0, 0.05) is 22.6 Å². The summed E-state index contributed by atoms with van der Waals surface area (Å²) >= 11 is 1.38. The molecular weight excluding hydrogens is 230 g/mol. The number of rotatable bonds is 5. The Labute approximate surface area is 98.2 Å². The highest BCUT2D eigenvalue weighted by molar-refractivity contribution is 7.99. The standard InChI is InChI=1S/C12H14F2OS/c1-9(15)10-3-5-11(6-4-10)16-8-7-12(2,13)14/h3-6H,7-8H2,1-2H3. The van der Waals surface area contributed by atoms with Gasteiger partial charge in [-0.15, -0.1) is 11.8 Å². The maximum atomic E-state index is 12.5. The fourth-order valence-electron chi connectivity index (χ4n) is 1.13. The van der Waals surface area contributed by atoms with E-state index >= 15 is 0 Å². The van der Waals surface area contributed by atoms with Crippen molar-refractivity contribution in [2.45, 2.75) is 31.1 Å². The van der Waals surface area contributed by atoms with E-state index in [2.05, 4.69) is 0 Å². The number of benzene rings is 1. The first kappa shape index (κ1) is 13.2. The van der Waals surface area contributed by atoms with Crippen LogP contribution in [0, 0.1) is 0 Å². The van der Waals surface area contributed by atoms with Crippen molar-refractivity contribution in [3.05, 3.63) is 29.8 Å². The van der Waals surface area contributed by atoms with E-state index in [1.807, 2.05) is 0 Å². The Balaban J connectivity index is 2.47. The maximum Gasteiger partial charge on any atom is 0.246 e. The molecule has 0 aliphatic rings. The second-order valence-electron chi connectivity index (χ2n) is 3.75. The molecule has 0 bridgehead atoms. The lowest BCUT2D eigenvalue weighted by atomic mass is 10.2. The minimum Gasteiger partial charge on any atom is -0.295 e. The van der Waals surface area contributed by atoms with Gasteiger partial charge in [-0.25, -0.2) is 8.78 Å². The molecule has 0 fully saturated rings. The summed E-state index contributed by atoms with van der Waals surface area (Å²) < 4.78 is 25.1. The highest BCUT2D eigenvalue weighted by Crippen LogP contribution is 2.24. The van der Waals surface area contributed by atoms with E-state index in [4.69, 9.17) is 0 Å². The lowest BCUT2D eigenvalue weighted by molar-refractivity contribution is 0.0194. The van der Waals surface area contributed by atoms with E-state index in [-0.39, 0.29) is 12.2 Å². The molecule has 0 aliphatic heterocycles. The lowest BCUT2D eigenvalue weighted by Crippen LogP contribution is -2.10. The molecular formula is C12H14F2OS. The van der Waals surface area contributed by atoms with Crippen molar-refractivity contribution in [3.63, 3.8) is 0 Å². The molecule has 88 valence electrons. The Morgan fingerprint density at radius 1 is 1.31 bits per heavy atom. The van der Waals surface area contributed by atoms with Gasteiger partial charge >= 0.3 is 0 Å². The van der Waals surface area contributed by atoms with E-state index in [9.17, 15) is 13.6 Å². The summed E-state index contributed by atoms with van der Waals surface area (Å²) in [5, 5.41) is 0. The van der Waals surface area contributed by atoms with Crippen LogP contribution in [-0.4, -0.2) is 17.5 Å². The first-order valence-corrected chi connectivity index (χ1v) is 5.99. The zero-order valence-electron chi connectivity index (χ0n) is 9.30. The van der Waals surface area contributed by atoms with Crippen molar-refractivity contribution in [2.24, 2.45) is 0 Å². The fraction of sp³-hybridized carbons (Fsp3) is 0.417. The van der Waals surface area contributed by atoms with Crippen molar-refractivity contribution >= 4 is 17.5 Å². The Morgan fingerprint density at radius 2 is 1.88 bits per heavy atom. The van der Waals surface area contributed by atoms with Crippen LogP contribution in [-0.2, 0) is 0 Å². The van der Waals surface area contributed by atoms with Crippen LogP contribution < -0.4 is 0 Å². The predicted molar refractivity (Wildman–Crippen MR) is 62.4 cm³/mol. The van der Waals surface area contributed by atoms with Crippen LogP contribution in [0.3, 0.4) is 0 Å². The van der Waals surface area contributed by atoms with Gasteiger partial charge in [-0.05, 0) is 26.0 Å². The van der Waals surface area contributed by atoms with E-state index in [0.717, 1.165) is 11.8 Å². The summed E-state index contributed by atoms with van der Waals surface area (Å²) in [4.78, 5) is 11.9. The normalized spacial score (nSPS) is 11.5. The molecule has 0 amide bonds. The monoisotopic (exact) mass is 244 g/mol. The Morgan fingerprint density at radius 3 is 2.31 bits per heavy atom. The number of carbonyl (C=O) groups excluding carboxylic acids is 1. The average Bonchev–Trinajstić information content (AvgIpc) is 2.16. The second kappa shape index (κ2) is 5.43. The van der Waals surface area contributed by atoms with Gasteiger partial charge in [-0.2, -0.15) is 0 Å². The van der Waals surface area contributed by atoms with Gasteiger partial charge in [-0.1, -0.05) is 12.1 Å². The van der Waals surface area contributed by atoms with E-state index in [1.165, 1.54) is 18.7 Å². The highest BCUT2D eigenvalue weighted by atomic mass is 32.2. The Hall–Kier alpha value is -0.900. The first-order chi connectivity index (χ1) is 7.38. The maximum absolute atomic E-state index is 12.5. The molecule has 1 rings (SSSR count). The Bertz CT molecular complexity index is 354. The number of Topliss-reactive ketones (excluding diaryl/α,β-unsaturated/α-hetero) is 1. The molecule has 0 spiro atoms. The molecule has 0 atom stereocenters. The van der Waals surface area contributed by atoms with Crippen molar-refractivity contribution in [1.82, 2.24) is 0 Å². The van der Waals surface area contributed by atoms with Crippen LogP contribution in [0.5, 0.6) is 0 Å². The molecule has 0 aliphatic carbocycles. The lowest BCUT2D eigenvalue weighted by Gasteiger charge is -2.09. The summed E-state index contributed by atoms with van der Waals surface area (Å²) in [5.41, 5.74) is 0.644. The largest absolute Gasteiger partial charge is 0.295 e. The number of halogens is 2. The van der Waals surface area contributed by atoms with Crippen LogP contribution in [0.1, 0.15) is 30.6 Å². The smallest absolute Gasteiger partial charge is 0.246 e. The van der Waals surface area contributed by atoms with Crippen LogP contribution in [0.25, 0.3) is 0 Å². The fourth-order valence-corrected chi connectivity index (χ4v) is 2.16. The van der Waals surface area contributed by atoms with Gasteiger partial charge in [0.2, 0.25) is 5.92 Å². The van der Waals surface area contributed by atoms with Crippen LogP contribution in [0.4, 0.5) is 8.78 Å². The SMILES string of the molecule is CC(=O)c1ccc(SCCC(C)(F)F)cc1. The number of alkyl halides is 2. The minimum absolute atomic E-state index is 0.0108. The predicted octanol–water partition coefficient (Wildman–Crippen LogP) is 4.03. The number of ketones is 1. The van der Waals surface area contributed by atoms with E-state index in [1.54, 1.807) is 24.3 Å². The van der Waals surface area contributed by atoms with Gasteiger partial charge in [-0.3, -0.25) is 4.79 Å². The molecule has 0 unspecified atom stereocenters. The number of carbonyl (C=O) groups is 1. The molecule has 4 heteroatoms. The molecule has 1 aromatic rings. The third-order valence-electron chi connectivity index (χ3n) is 2.07. The molecule has 0 saturated heterocycles. The van der Waals surface area contributed by atoms with Gasteiger partial charge in [0.1, 0.15) is 0 Å². The Kier molecular flexibility index (Phi) is 4.47. The van der Waals surface area contributed by atoms with Crippen molar-refractivity contribution in [3.8, 4) is 0 Å². The third-order valence-corrected chi connectivity index (χ3v) is 3.08. The summed E-state index contributed by atoms with van der Waals surface area (Å²) in [6, 6.07) is 7.01. The van der Waals surface area contributed by atoms with Crippen molar-refractivity contribution < 1.29 is 13.6 Å². The summed E-state index contributed by atoms with van der Waals surface area (Å²) in [6.45, 7) is 2.42. The topological polar surface area (TPSA) is 17.1 Å². The number of hydrogen-bond donors (Lipinski definition) is 0. The van der Waals surface area contributed by atoms with Gasteiger partial charge in [0.15, 0.2) is 5.78 Å². The van der Waals surface area contributed by atoms with Crippen molar-refractivity contribution in [2.75, 3.05) is 5.75 Å². The zero-order chi connectivity index (χ0) is 12.2. The molecule has 0 saturated carbocycles. The van der Waals surface area contributed by atoms with Gasteiger partial charge in [0.05, 0.1) is 0 Å². The highest BCUT2D eigenvalue weighted by Gasteiger charge is 2.19. The number of hydrogen-bond acceptors (Lipinski definition) is 2. The molecule has 16 heavy (non-hydrogen) atoms. The molecule has 0 aromatic heterocycles. The molecule has 0 heterocycles. The molecule has 1 aromatic carbocycles. The van der Waals surface area contributed by atoms with Crippen LogP contribution in [0.2, 0.25) is 0 Å². The first-order valence-electron chi connectivity index (χ1n) is 5.00. The molecule has 1 nitrogen and oxygen atoms in total. The summed E-state index contributed by atoms with van der Waals surface area (Å²) in [7, 11) is 0. The van der Waals surface area contributed by atoms with Crippen LogP contribution in [0.15, 0.2) is 29.2 Å². The van der Waals surface area contributed by atoms with E-state index in [0.29, 0.717) is 11.3 Å². The third kappa shape index (κ3) is 4.75. The second-order valence-corrected chi connectivity index (χ2v) is 4.92. The van der Waals surface area contributed by atoms with Crippen molar-refractivity contribution in [1.29, 1.82) is 0 Å². The summed E-state index contributed by atoms with van der Waals surface area (Å²) in [6.07, 6.45) is -0.133. The molecule has 0 N–H and O–H groups in total. The molecule has 0 radical (unpaired) electrons. The van der Waals surface area contributed by atoms with E-state index < -0.39 is 5.92 Å². The summed E-state index contributed by atoms with van der Waals surface area (Å²) in [5.74, 6) is -2.22. The quantitative estimate of drug-likeness (QED) is 0.574. The van der Waals surface area contributed by atoms with Crippen LogP contribution >= 0.6 is 11.8 Å². The zero-order valence-corrected chi connectivity index (χ0v) is 10.1. The number of thioether (sulfide) groups is 1. The minimum atomic E-state index is -2.60. The van der Waals surface area contributed by atoms with Gasteiger partial charge in [0.25, 0.3) is 0 Å².